The molecular formula is C18H16N4O2. The number of fused-ring (bicyclic) bond motifs is 2. The highest BCUT2D eigenvalue weighted by Gasteiger charge is 2.29. The summed E-state index contributed by atoms with van der Waals surface area (Å²) in [5.41, 5.74) is 5.20. The Morgan fingerprint density at radius 2 is 2.21 bits per heavy atom. The zero-order chi connectivity index (χ0) is 16.1. The number of hydrogen-bond acceptors (Lipinski definition) is 5. The van der Waals surface area contributed by atoms with Crippen LogP contribution in [0.5, 0.6) is 0 Å². The fraction of sp³-hybridized carbons (Fsp3) is 0.278. The number of carbonyl (C=O) groups excluding carboxylic acids is 1. The number of aromatic nitrogens is 2. The predicted octanol–water partition coefficient (Wildman–Crippen LogP) is 2.96. The number of nitrogens with one attached hydrogen (secondary N) is 2. The second kappa shape index (κ2) is 5.14. The number of hydrogen-bond donors (Lipinski definition) is 2. The van der Waals surface area contributed by atoms with E-state index in [1.807, 2.05) is 18.2 Å². The van der Waals surface area contributed by atoms with Crippen LogP contribution in [0.15, 0.2) is 35.0 Å². The molecule has 1 saturated carbocycles. The molecule has 1 fully saturated rings. The van der Waals surface area contributed by atoms with Crippen LogP contribution in [0.3, 0.4) is 0 Å². The minimum Gasteiger partial charge on any atom is -0.336 e. The maximum absolute atomic E-state index is 12.7. The maximum Gasteiger partial charge on any atom is 0.257 e. The summed E-state index contributed by atoms with van der Waals surface area (Å²) in [5.74, 6) is 0.294. The molecule has 0 atom stereocenters. The summed E-state index contributed by atoms with van der Waals surface area (Å²) in [6.07, 6.45) is 3.80. The molecule has 0 unspecified atom stereocenters. The van der Waals surface area contributed by atoms with Gasteiger partial charge in [0.1, 0.15) is 0 Å². The second-order valence-corrected chi connectivity index (χ2v) is 6.42. The van der Waals surface area contributed by atoms with Crippen molar-refractivity contribution in [3.63, 3.8) is 0 Å². The van der Waals surface area contributed by atoms with Gasteiger partial charge in [0, 0.05) is 30.9 Å². The van der Waals surface area contributed by atoms with Crippen LogP contribution in [0, 0.1) is 0 Å². The molecule has 0 saturated heterocycles. The van der Waals surface area contributed by atoms with E-state index in [2.05, 4.69) is 26.8 Å². The van der Waals surface area contributed by atoms with Crippen LogP contribution in [-0.2, 0) is 13.1 Å². The van der Waals surface area contributed by atoms with Crippen molar-refractivity contribution in [1.29, 1.82) is 0 Å². The molecular weight excluding hydrogens is 304 g/mol. The summed E-state index contributed by atoms with van der Waals surface area (Å²) in [6.45, 7) is 1.62. The number of pyridine rings is 1. The van der Waals surface area contributed by atoms with Crippen molar-refractivity contribution in [1.82, 2.24) is 15.5 Å². The summed E-state index contributed by atoms with van der Waals surface area (Å²) in [4.78, 5) is 16.9. The molecule has 2 aromatic heterocycles. The Hall–Kier alpha value is -2.73. The van der Waals surface area contributed by atoms with Crippen LogP contribution in [0.25, 0.3) is 11.1 Å². The molecule has 0 radical (unpaired) electrons. The first kappa shape index (κ1) is 13.7. The van der Waals surface area contributed by atoms with E-state index in [-0.39, 0.29) is 5.91 Å². The lowest BCUT2D eigenvalue weighted by molar-refractivity contribution is 0.102. The standard InChI is InChI=1S/C18H16N4O2/c23-17(21-15-3-1-2-11-7-19-9-14(11)15)12-6-13-16(10-4-5-10)22-24-18(13)20-8-12/h1-3,6,8,10,19H,4-5,7,9H2,(H,21,23). The van der Waals surface area contributed by atoms with Gasteiger partial charge < -0.3 is 15.2 Å². The normalized spacial score (nSPS) is 16.3. The van der Waals surface area contributed by atoms with E-state index in [0.29, 0.717) is 17.2 Å². The SMILES string of the molecule is O=C(Nc1cccc2c1CNC2)c1cnc2onc(C3CC3)c2c1. The van der Waals surface area contributed by atoms with Crippen molar-refractivity contribution in [3.05, 3.63) is 52.8 Å². The summed E-state index contributed by atoms with van der Waals surface area (Å²) >= 11 is 0. The molecule has 6 nitrogen and oxygen atoms in total. The molecule has 6 heteroatoms. The molecule has 2 N–H and O–H groups in total. The summed E-state index contributed by atoms with van der Waals surface area (Å²) in [7, 11) is 0. The van der Waals surface area contributed by atoms with Gasteiger partial charge in [0.2, 0.25) is 0 Å². The minimum atomic E-state index is -0.160. The van der Waals surface area contributed by atoms with Crippen molar-refractivity contribution in [2.75, 3.05) is 5.32 Å². The fourth-order valence-corrected chi connectivity index (χ4v) is 3.27. The molecule has 1 aliphatic heterocycles. The van der Waals surface area contributed by atoms with Crippen LogP contribution in [0.1, 0.15) is 45.9 Å². The van der Waals surface area contributed by atoms with Gasteiger partial charge in [-0.2, -0.15) is 0 Å². The van der Waals surface area contributed by atoms with Crippen molar-refractivity contribution < 1.29 is 9.32 Å². The van der Waals surface area contributed by atoms with Crippen LogP contribution in [-0.4, -0.2) is 16.0 Å². The molecule has 1 amide bonds. The van der Waals surface area contributed by atoms with E-state index in [9.17, 15) is 4.79 Å². The number of amides is 1. The predicted molar refractivity (Wildman–Crippen MR) is 88.7 cm³/mol. The van der Waals surface area contributed by atoms with Gasteiger partial charge in [0.25, 0.3) is 11.6 Å². The lowest BCUT2D eigenvalue weighted by Crippen LogP contribution is -2.14. The first-order valence-electron chi connectivity index (χ1n) is 8.18. The molecule has 120 valence electrons. The molecule has 0 spiro atoms. The minimum absolute atomic E-state index is 0.160. The van der Waals surface area contributed by atoms with Crippen molar-refractivity contribution >= 4 is 22.7 Å². The first-order valence-corrected chi connectivity index (χ1v) is 8.18. The summed E-state index contributed by atoms with van der Waals surface area (Å²) in [6, 6.07) is 7.82. The lowest BCUT2D eigenvalue weighted by Gasteiger charge is -2.09. The fourth-order valence-electron chi connectivity index (χ4n) is 3.27. The number of benzene rings is 1. The van der Waals surface area contributed by atoms with E-state index < -0.39 is 0 Å². The highest BCUT2D eigenvalue weighted by molar-refractivity contribution is 6.06. The van der Waals surface area contributed by atoms with Gasteiger partial charge >= 0.3 is 0 Å². The number of anilines is 1. The second-order valence-electron chi connectivity index (χ2n) is 6.42. The third-order valence-corrected chi connectivity index (χ3v) is 4.72. The van der Waals surface area contributed by atoms with Gasteiger partial charge in [-0.1, -0.05) is 17.3 Å². The Kier molecular flexibility index (Phi) is 2.93. The molecule has 3 aromatic rings. The van der Waals surface area contributed by atoms with E-state index in [1.165, 1.54) is 5.56 Å². The van der Waals surface area contributed by atoms with Gasteiger partial charge in [-0.25, -0.2) is 4.98 Å². The average molecular weight is 320 g/mol. The average Bonchev–Trinajstić information content (AvgIpc) is 3.17. The van der Waals surface area contributed by atoms with Crippen molar-refractivity contribution in [2.24, 2.45) is 0 Å². The molecule has 5 rings (SSSR count). The molecule has 24 heavy (non-hydrogen) atoms. The zero-order valence-electron chi connectivity index (χ0n) is 13.0. The van der Waals surface area contributed by atoms with Crippen LogP contribution < -0.4 is 10.6 Å². The Bertz CT molecular complexity index is 959. The monoisotopic (exact) mass is 320 g/mol. The van der Waals surface area contributed by atoms with E-state index in [4.69, 9.17) is 4.52 Å². The van der Waals surface area contributed by atoms with Gasteiger partial charge in [0.05, 0.1) is 16.6 Å². The lowest BCUT2D eigenvalue weighted by atomic mass is 10.1. The highest BCUT2D eigenvalue weighted by atomic mass is 16.5. The molecule has 2 aliphatic rings. The molecule has 0 bridgehead atoms. The van der Waals surface area contributed by atoms with Crippen LogP contribution >= 0.6 is 0 Å². The molecule has 1 aromatic carbocycles. The van der Waals surface area contributed by atoms with Crippen molar-refractivity contribution in [3.8, 4) is 0 Å². The van der Waals surface area contributed by atoms with E-state index >= 15 is 0 Å². The van der Waals surface area contributed by atoms with Gasteiger partial charge in [-0.05, 0) is 36.1 Å². The van der Waals surface area contributed by atoms with Gasteiger partial charge in [0.15, 0.2) is 0 Å². The molecule has 1 aliphatic carbocycles. The first-order chi connectivity index (χ1) is 11.8. The number of rotatable bonds is 3. The largest absolute Gasteiger partial charge is 0.336 e. The summed E-state index contributed by atoms with van der Waals surface area (Å²) < 4.78 is 5.26. The van der Waals surface area contributed by atoms with Crippen LogP contribution in [0.4, 0.5) is 5.69 Å². The highest BCUT2D eigenvalue weighted by Crippen LogP contribution is 2.42. The molecule has 3 heterocycles. The Morgan fingerprint density at radius 3 is 3.08 bits per heavy atom. The Morgan fingerprint density at radius 1 is 1.29 bits per heavy atom. The van der Waals surface area contributed by atoms with Gasteiger partial charge in [-0.15, -0.1) is 0 Å². The number of carbonyl (C=O) groups is 1. The quantitative estimate of drug-likeness (QED) is 0.775. The van der Waals surface area contributed by atoms with Crippen molar-refractivity contribution in [2.45, 2.75) is 31.8 Å². The Balaban J connectivity index is 1.48. The topological polar surface area (TPSA) is 80.0 Å². The summed E-state index contributed by atoms with van der Waals surface area (Å²) in [5, 5.41) is 11.3. The van der Waals surface area contributed by atoms with Crippen LogP contribution in [0.2, 0.25) is 0 Å². The van der Waals surface area contributed by atoms with E-state index in [0.717, 1.165) is 48.3 Å². The van der Waals surface area contributed by atoms with Gasteiger partial charge in [-0.3, -0.25) is 4.79 Å². The third-order valence-electron chi connectivity index (χ3n) is 4.72. The maximum atomic E-state index is 12.7. The Labute approximate surface area is 138 Å². The zero-order valence-corrected chi connectivity index (χ0v) is 13.0. The smallest absolute Gasteiger partial charge is 0.257 e. The number of nitrogens with zero attached hydrogens (tertiary/aromatic N) is 2. The van der Waals surface area contributed by atoms with E-state index in [1.54, 1.807) is 6.20 Å². The third kappa shape index (κ3) is 2.18.